The van der Waals surface area contributed by atoms with Gasteiger partial charge in [0.2, 0.25) is 0 Å². The van der Waals surface area contributed by atoms with Gasteiger partial charge < -0.3 is 15.0 Å². The fourth-order valence-corrected chi connectivity index (χ4v) is 2.82. The van der Waals surface area contributed by atoms with Gasteiger partial charge in [-0.25, -0.2) is 4.99 Å². The first kappa shape index (κ1) is 16.7. The van der Waals surface area contributed by atoms with Crippen molar-refractivity contribution in [3.8, 4) is 0 Å². The lowest BCUT2D eigenvalue weighted by molar-refractivity contribution is 0.315. The third kappa shape index (κ3) is 4.20. The molecule has 0 fully saturated rings. The van der Waals surface area contributed by atoms with Crippen molar-refractivity contribution in [2.24, 2.45) is 4.99 Å². The van der Waals surface area contributed by atoms with Gasteiger partial charge in [-0.05, 0) is 50.2 Å². The van der Waals surface area contributed by atoms with Gasteiger partial charge in [0, 0.05) is 29.0 Å². The minimum Gasteiger partial charge on any atom is -0.463 e. The van der Waals surface area contributed by atoms with Crippen LogP contribution in [0.4, 0.5) is 11.4 Å². The topological polar surface area (TPSA) is 36.9 Å². The van der Waals surface area contributed by atoms with Crippen molar-refractivity contribution in [2.75, 3.05) is 23.4 Å². The van der Waals surface area contributed by atoms with Gasteiger partial charge in [-0.1, -0.05) is 29.8 Å². The van der Waals surface area contributed by atoms with E-state index in [2.05, 4.69) is 29.1 Å². The molecular formula is C19H22ClN3O. The van der Waals surface area contributed by atoms with E-state index in [0.29, 0.717) is 18.7 Å². The molecule has 0 saturated heterocycles. The lowest BCUT2D eigenvalue weighted by Crippen LogP contribution is -2.37. The first-order valence-corrected chi connectivity index (χ1v) is 8.54. The van der Waals surface area contributed by atoms with Crippen LogP contribution in [-0.4, -0.2) is 31.3 Å². The maximum atomic E-state index is 5.99. The van der Waals surface area contributed by atoms with Crippen LogP contribution in [0.5, 0.6) is 0 Å². The quantitative estimate of drug-likeness (QED) is 0.873. The summed E-state index contributed by atoms with van der Waals surface area (Å²) in [6.45, 7) is 5.75. The number of hydrogen-bond acceptors (Lipinski definition) is 4. The van der Waals surface area contributed by atoms with E-state index >= 15 is 0 Å². The summed E-state index contributed by atoms with van der Waals surface area (Å²) in [6, 6.07) is 18.9. The van der Waals surface area contributed by atoms with Crippen molar-refractivity contribution in [2.45, 2.75) is 25.9 Å². The van der Waals surface area contributed by atoms with Gasteiger partial charge in [0.05, 0.1) is 0 Å². The normalized spacial score (nSPS) is 16.7. The number of aliphatic imine (C=N–C) groups is 1. The summed E-state index contributed by atoms with van der Waals surface area (Å²) in [7, 11) is 0. The Bertz CT molecular complexity index is 686. The first-order valence-electron chi connectivity index (χ1n) is 8.16. The van der Waals surface area contributed by atoms with Crippen LogP contribution < -0.4 is 10.2 Å². The van der Waals surface area contributed by atoms with Crippen molar-refractivity contribution in [3.05, 3.63) is 59.6 Å². The second kappa shape index (κ2) is 7.58. The number of rotatable bonds is 5. The highest BCUT2D eigenvalue weighted by Crippen LogP contribution is 2.22. The maximum absolute atomic E-state index is 5.99. The zero-order chi connectivity index (χ0) is 16.9. The highest BCUT2D eigenvalue weighted by Gasteiger charge is 2.23. The molecule has 0 aromatic heterocycles. The average molecular weight is 344 g/mol. The molecule has 0 spiro atoms. The maximum Gasteiger partial charge on any atom is 0.289 e. The van der Waals surface area contributed by atoms with E-state index in [9.17, 15) is 0 Å². The summed E-state index contributed by atoms with van der Waals surface area (Å²) < 4.78 is 5.70. The highest BCUT2D eigenvalue weighted by molar-refractivity contribution is 6.30. The van der Waals surface area contributed by atoms with Gasteiger partial charge in [-0.3, -0.25) is 0 Å². The molecule has 4 nitrogen and oxygen atoms in total. The van der Waals surface area contributed by atoms with Crippen LogP contribution in [0.15, 0.2) is 59.6 Å². The zero-order valence-corrected chi connectivity index (χ0v) is 14.7. The van der Waals surface area contributed by atoms with Crippen LogP contribution in [-0.2, 0) is 4.74 Å². The fourth-order valence-electron chi connectivity index (χ4n) is 2.70. The molecule has 5 heteroatoms. The average Bonchev–Trinajstić information content (AvgIpc) is 3.01. The monoisotopic (exact) mass is 343 g/mol. The largest absolute Gasteiger partial charge is 0.463 e. The Labute approximate surface area is 148 Å². The van der Waals surface area contributed by atoms with E-state index in [4.69, 9.17) is 16.3 Å². The van der Waals surface area contributed by atoms with E-state index in [1.165, 1.54) is 0 Å². The molecule has 0 saturated carbocycles. The van der Waals surface area contributed by atoms with Gasteiger partial charge in [0.15, 0.2) is 0 Å². The number of ether oxygens (including phenoxy) is 1. The minimum absolute atomic E-state index is 0.106. The smallest absolute Gasteiger partial charge is 0.289 e. The Kier molecular flexibility index (Phi) is 5.26. The van der Waals surface area contributed by atoms with Crippen molar-refractivity contribution in [1.82, 2.24) is 0 Å². The predicted octanol–water partition coefficient (Wildman–Crippen LogP) is 4.42. The molecule has 1 N–H and O–H groups in total. The summed E-state index contributed by atoms with van der Waals surface area (Å²) in [4.78, 5) is 6.98. The molecule has 1 atom stereocenters. The van der Waals surface area contributed by atoms with Crippen LogP contribution in [0.25, 0.3) is 0 Å². The number of benzene rings is 2. The third-order valence-corrected chi connectivity index (χ3v) is 4.18. The molecular weight excluding hydrogens is 322 g/mol. The molecule has 0 bridgehead atoms. The molecule has 24 heavy (non-hydrogen) atoms. The molecule has 0 radical (unpaired) electrons. The SMILES string of the molecule is CC(C)N(C[C@@H]1COC(Nc2ccccc2)=N1)c1ccc(Cl)cc1. The minimum atomic E-state index is 0.106. The van der Waals surface area contributed by atoms with E-state index in [-0.39, 0.29) is 6.04 Å². The van der Waals surface area contributed by atoms with Crippen molar-refractivity contribution < 1.29 is 4.74 Å². The van der Waals surface area contributed by atoms with Crippen LogP contribution >= 0.6 is 11.6 Å². The molecule has 0 aliphatic carbocycles. The molecule has 1 heterocycles. The molecule has 2 aromatic rings. The van der Waals surface area contributed by atoms with Crippen LogP contribution in [0, 0.1) is 0 Å². The van der Waals surface area contributed by atoms with E-state index in [1.54, 1.807) is 0 Å². The second-order valence-electron chi connectivity index (χ2n) is 6.11. The molecule has 0 unspecified atom stereocenters. The van der Waals surface area contributed by atoms with Gasteiger partial charge in [0.1, 0.15) is 12.6 Å². The zero-order valence-electron chi connectivity index (χ0n) is 13.9. The van der Waals surface area contributed by atoms with E-state index in [0.717, 1.165) is 22.9 Å². The predicted molar refractivity (Wildman–Crippen MR) is 101 cm³/mol. The Hall–Kier alpha value is -2.20. The van der Waals surface area contributed by atoms with Gasteiger partial charge in [0.25, 0.3) is 6.02 Å². The Morgan fingerprint density at radius 1 is 1.17 bits per heavy atom. The highest BCUT2D eigenvalue weighted by atomic mass is 35.5. The van der Waals surface area contributed by atoms with Gasteiger partial charge in [-0.2, -0.15) is 0 Å². The van der Waals surface area contributed by atoms with Crippen LogP contribution in [0.3, 0.4) is 0 Å². The first-order chi connectivity index (χ1) is 11.6. The van der Waals surface area contributed by atoms with Gasteiger partial charge in [-0.15, -0.1) is 0 Å². The van der Waals surface area contributed by atoms with E-state index in [1.807, 2.05) is 54.6 Å². The summed E-state index contributed by atoms with van der Waals surface area (Å²) in [6.07, 6.45) is 0. The third-order valence-electron chi connectivity index (χ3n) is 3.93. The summed E-state index contributed by atoms with van der Waals surface area (Å²) in [5.74, 6) is 0. The number of anilines is 2. The summed E-state index contributed by atoms with van der Waals surface area (Å²) in [5, 5.41) is 3.96. The number of nitrogens with zero attached hydrogens (tertiary/aromatic N) is 2. The van der Waals surface area contributed by atoms with Crippen LogP contribution in [0.2, 0.25) is 5.02 Å². The molecule has 126 valence electrons. The fraction of sp³-hybridized carbons (Fsp3) is 0.316. The molecule has 2 aromatic carbocycles. The van der Waals surface area contributed by atoms with E-state index < -0.39 is 0 Å². The summed E-state index contributed by atoms with van der Waals surface area (Å²) in [5.41, 5.74) is 2.13. The number of para-hydroxylation sites is 1. The Morgan fingerprint density at radius 2 is 1.88 bits per heavy atom. The number of halogens is 1. The van der Waals surface area contributed by atoms with Gasteiger partial charge >= 0.3 is 0 Å². The standard InChI is InChI=1S/C19H22ClN3O/c1-14(2)23(18-10-8-15(20)9-11-18)12-17-13-24-19(22-17)21-16-6-4-3-5-7-16/h3-11,14,17H,12-13H2,1-2H3,(H,21,22)/t17-/m1/s1. The Morgan fingerprint density at radius 3 is 2.54 bits per heavy atom. The number of amidine groups is 1. The molecule has 0 amide bonds. The number of nitrogens with one attached hydrogen (secondary N) is 1. The molecule has 1 aliphatic rings. The van der Waals surface area contributed by atoms with Crippen molar-refractivity contribution in [1.29, 1.82) is 0 Å². The van der Waals surface area contributed by atoms with Crippen molar-refractivity contribution in [3.63, 3.8) is 0 Å². The van der Waals surface area contributed by atoms with Crippen molar-refractivity contribution >= 4 is 29.0 Å². The van der Waals surface area contributed by atoms with Crippen LogP contribution in [0.1, 0.15) is 13.8 Å². The Balaban J connectivity index is 1.66. The number of hydrogen-bond donors (Lipinski definition) is 1. The second-order valence-corrected chi connectivity index (χ2v) is 6.55. The molecule has 3 rings (SSSR count). The lowest BCUT2D eigenvalue weighted by atomic mass is 10.2. The lowest BCUT2D eigenvalue weighted by Gasteiger charge is -2.30. The molecule has 1 aliphatic heterocycles. The summed E-state index contributed by atoms with van der Waals surface area (Å²) >= 11 is 5.99.